The summed E-state index contributed by atoms with van der Waals surface area (Å²) in [6.45, 7) is 4.23. The molecule has 1 fully saturated rings. The van der Waals surface area contributed by atoms with Gasteiger partial charge in [0, 0.05) is 24.3 Å². The third-order valence-corrected chi connectivity index (χ3v) is 5.85. The fraction of sp³-hybridized carbons (Fsp3) is 0.407. The van der Waals surface area contributed by atoms with Crippen molar-refractivity contribution in [2.45, 2.75) is 46.0 Å². The van der Waals surface area contributed by atoms with Crippen molar-refractivity contribution in [3.63, 3.8) is 0 Å². The lowest BCUT2D eigenvalue weighted by Gasteiger charge is -2.17. The lowest BCUT2D eigenvalue weighted by molar-refractivity contribution is -0.151. The van der Waals surface area contributed by atoms with Crippen LogP contribution in [0.1, 0.15) is 55.5 Å². The van der Waals surface area contributed by atoms with E-state index >= 15 is 0 Å². The van der Waals surface area contributed by atoms with Gasteiger partial charge in [-0.05, 0) is 54.8 Å². The zero-order valence-corrected chi connectivity index (χ0v) is 20.2. The summed E-state index contributed by atoms with van der Waals surface area (Å²) in [5.74, 6) is -2.32. The maximum absolute atomic E-state index is 12.5. The number of esters is 2. The van der Waals surface area contributed by atoms with E-state index in [1.807, 2.05) is 19.1 Å². The number of hydrogen-bond donors (Lipinski definition) is 1. The van der Waals surface area contributed by atoms with Crippen LogP contribution in [0.25, 0.3) is 0 Å². The molecule has 1 N–H and O–H groups in total. The average Bonchev–Trinajstić information content (AvgIpc) is 3.27. The number of benzene rings is 2. The molecule has 8 heteroatoms. The first-order valence-corrected chi connectivity index (χ1v) is 12.0. The maximum Gasteiger partial charge on any atom is 0.338 e. The highest BCUT2D eigenvalue weighted by atomic mass is 16.5. The van der Waals surface area contributed by atoms with E-state index in [4.69, 9.17) is 9.47 Å². The Morgan fingerprint density at radius 1 is 0.971 bits per heavy atom. The second-order valence-electron chi connectivity index (χ2n) is 8.50. The largest absolute Gasteiger partial charge is 0.462 e. The topological polar surface area (TPSA) is 102 Å². The molecular formula is C27H32N2O6. The summed E-state index contributed by atoms with van der Waals surface area (Å²) in [4.78, 5) is 50.7. The highest BCUT2D eigenvalue weighted by Crippen LogP contribution is 2.26. The van der Waals surface area contributed by atoms with Gasteiger partial charge >= 0.3 is 11.9 Å². The number of ether oxygens (including phenoxy) is 2. The van der Waals surface area contributed by atoms with Crippen LogP contribution in [0, 0.1) is 5.92 Å². The zero-order valence-electron chi connectivity index (χ0n) is 20.2. The molecule has 1 heterocycles. The molecule has 2 aromatic carbocycles. The van der Waals surface area contributed by atoms with E-state index in [2.05, 4.69) is 12.2 Å². The number of carbonyl (C=O) groups excluding carboxylic acids is 4. The van der Waals surface area contributed by atoms with Gasteiger partial charge in [0.2, 0.25) is 5.91 Å². The predicted molar refractivity (Wildman–Crippen MR) is 132 cm³/mol. The van der Waals surface area contributed by atoms with Crippen LogP contribution in [0.3, 0.4) is 0 Å². The van der Waals surface area contributed by atoms with E-state index in [0.29, 0.717) is 23.5 Å². The fourth-order valence-corrected chi connectivity index (χ4v) is 3.77. The molecule has 0 saturated carbocycles. The van der Waals surface area contributed by atoms with Crippen molar-refractivity contribution in [2.24, 2.45) is 5.92 Å². The number of rotatable bonds is 11. The lowest BCUT2D eigenvalue weighted by Crippen LogP contribution is -2.28. The van der Waals surface area contributed by atoms with Gasteiger partial charge in [0.05, 0.1) is 18.1 Å². The minimum absolute atomic E-state index is 0.000153. The van der Waals surface area contributed by atoms with Gasteiger partial charge in [-0.3, -0.25) is 14.4 Å². The standard InChI is InChI=1S/C27H32N2O6/c1-3-5-6-15-34-26(32)20-9-13-23(14-10-20)29-17-21(16-25(29)31)27(33)35-18-24(30)28-22-11-7-19(4-2)8-12-22/h7-14,21H,3-6,15-18H2,1-2H3,(H,28,30)/t21-/m0/s1. The van der Waals surface area contributed by atoms with E-state index < -0.39 is 30.4 Å². The highest BCUT2D eigenvalue weighted by Gasteiger charge is 2.36. The van der Waals surface area contributed by atoms with Crippen molar-refractivity contribution < 1.29 is 28.7 Å². The summed E-state index contributed by atoms with van der Waals surface area (Å²) >= 11 is 0. The molecular weight excluding hydrogens is 448 g/mol. The zero-order chi connectivity index (χ0) is 25.2. The van der Waals surface area contributed by atoms with Crippen molar-refractivity contribution >= 4 is 35.1 Å². The molecule has 0 radical (unpaired) electrons. The third-order valence-electron chi connectivity index (χ3n) is 5.85. The molecule has 2 amide bonds. The van der Waals surface area contributed by atoms with Crippen LogP contribution in [0.15, 0.2) is 48.5 Å². The summed E-state index contributed by atoms with van der Waals surface area (Å²) in [6, 6.07) is 14.0. The molecule has 0 unspecified atom stereocenters. The number of carbonyl (C=O) groups is 4. The molecule has 1 aliphatic heterocycles. The fourth-order valence-electron chi connectivity index (χ4n) is 3.77. The maximum atomic E-state index is 12.5. The van der Waals surface area contributed by atoms with Gasteiger partial charge in [0.1, 0.15) is 0 Å². The number of anilines is 2. The summed E-state index contributed by atoms with van der Waals surface area (Å²) < 4.78 is 10.4. The van der Waals surface area contributed by atoms with Crippen LogP contribution in [-0.2, 0) is 30.3 Å². The van der Waals surface area contributed by atoms with E-state index in [0.717, 1.165) is 31.2 Å². The molecule has 0 bridgehead atoms. The van der Waals surface area contributed by atoms with E-state index in [-0.39, 0.29) is 18.9 Å². The molecule has 0 aliphatic carbocycles. The number of unbranched alkanes of at least 4 members (excludes halogenated alkanes) is 2. The lowest BCUT2D eigenvalue weighted by atomic mass is 10.1. The summed E-state index contributed by atoms with van der Waals surface area (Å²) in [5.41, 5.74) is 2.77. The van der Waals surface area contributed by atoms with Crippen molar-refractivity contribution in [3.8, 4) is 0 Å². The Kier molecular flexibility index (Phi) is 9.40. The Bertz CT molecular complexity index is 1030. The van der Waals surface area contributed by atoms with Crippen molar-refractivity contribution in [1.29, 1.82) is 0 Å². The minimum Gasteiger partial charge on any atom is -0.462 e. The average molecular weight is 481 g/mol. The number of nitrogens with zero attached hydrogens (tertiary/aromatic N) is 1. The van der Waals surface area contributed by atoms with Gasteiger partial charge in [-0.1, -0.05) is 38.8 Å². The molecule has 1 aliphatic rings. The van der Waals surface area contributed by atoms with Crippen LogP contribution in [0.4, 0.5) is 11.4 Å². The quantitative estimate of drug-likeness (QED) is 0.383. The van der Waals surface area contributed by atoms with Gasteiger partial charge in [-0.15, -0.1) is 0 Å². The van der Waals surface area contributed by atoms with Crippen molar-refractivity contribution in [2.75, 3.05) is 30.0 Å². The minimum atomic E-state index is -0.664. The third kappa shape index (κ3) is 7.40. The SMILES string of the molecule is CCCCCOC(=O)c1ccc(N2C[C@@H](C(=O)OCC(=O)Nc3ccc(CC)cc3)CC2=O)cc1. The monoisotopic (exact) mass is 480 g/mol. The Hall–Kier alpha value is -3.68. The number of amides is 2. The van der Waals surface area contributed by atoms with Gasteiger partial charge in [0.15, 0.2) is 6.61 Å². The molecule has 0 aromatic heterocycles. The van der Waals surface area contributed by atoms with E-state index in [1.54, 1.807) is 36.4 Å². The van der Waals surface area contributed by atoms with Gasteiger partial charge < -0.3 is 19.7 Å². The van der Waals surface area contributed by atoms with E-state index in [9.17, 15) is 19.2 Å². The molecule has 1 saturated heterocycles. The summed E-state index contributed by atoms with van der Waals surface area (Å²) in [5, 5.41) is 2.68. The molecule has 0 spiro atoms. The Labute approximate surface area is 205 Å². The highest BCUT2D eigenvalue weighted by molar-refractivity contribution is 6.00. The first-order chi connectivity index (χ1) is 16.9. The first kappa shape index (κ1) is 25.9. The second-order valence-corrected chi connectivity index (χ2v) is 8.50. The Morgan fingerprint density at radius 2 is 1.69 bits per heavy atom. The van der Waals surface area contributed by atoms with Gasteiger partial charge in [-0.2, -0.15) is 0 Å². The van der Waals surface area contributed by atoms with E-state index in [1.165, 1.54) is 4.90 Å². The number of hydrogen-bond acceptors (Lipinski definition) is 6. The van der Waals surface area contributed by atoms with Crippen LogP contribution >= 0.6 is 0 Å². The van der Waals surface area contributed by atoms with Crippen LogP contribution < -0.4 is 10.2 Å². The van der Waals surface area contributed by atoms with Gasteiger partial charge in [0.25, 0.3) is 5.91 Å². The second kappa shape index (κ2) is 12.7. The molecule has 3 rings (SSSR count). The van der Waals surface area contributed by atoms with Crippen molar-refractivity contribution in [3.05, 3.63) is 59.7 Å². The predicted octanol–water partition coefficient (Wildman–Crippen LogP) is 4.13. The number of aryl methyl sites for hydroxylation is 1. The first-order valence-electron chi connectivity index (χ1n) is 12.0. The summed E-state index contributed by atoms with van der Waals surface area (Å²) in [6.07, 6.45) is 3.78. The van der Waals surface area contributed by atoms with Crippen LogP contribution in [0.5, 0.6) is 0 Å². The van der Waals surface area contributed by atoms with Gasteiger partial charge in [-0.25, -0.2) is 4.79 Å². The van der Waals surface area contributed by atoms with Crippen molar-refractivity contribution in [1.82, 2.24) is 0 Å². The van der Waals surface area contributed by atoms with Crippen LogP contribution in [-0.4, -0.2) is 43.5 Å². The normalized spacial score (nSPS) is 15.1. The molecule has 8 nitrogen and oxygen atoms in total. The smallest absolute Gasteiger partial charge is 0.338 e. The Balaban J connectivity index is 1.47. The molecule has 2 aromatic rings. The van der Waals surface area contributed by atoms with Crippen LogP contribution in [0.2, 0.25) is 0 Å². The molecule has 186 valence electrons. The number of nitrogens with one attached hydrogen (secondary N) is 1. The molecule has 1 atom stereocenters. The summed E-state index contributed by atoms with van der Waals surface area (Å²) in [7, 11) is 0. The Morgan fingerprint density at radius 3 is 2.34 bits per heavy atom. The molecule has 35 heavy (non-hydrogen) atoms.